The van der Waals surface area contributed by atoms with Crippen LogP contribution in [0.1, 0.15) is 14.3 Å². The van der Waals surface area contributed by atoms with Crippen LogP contribution in [-0.2, 0) is 0 Å². The summed E-state index contributed by atoms with van der Waals surface area (Å²) in [5.41, 5.74) is 0. The van der Waals surface area contributed by atoms with Gasteiger partial charge in [-0.1, -0.05) is 0 Å². The van der Waals surface area contributed by atoms with E-state index in [0.717, 1.165) is 0 Å². The third-order valence-electron chi connectivity index (χ3n) is 1.33. The van der Waals surface area contributed by atoms with Crippen molar-refractivity contribution in [2.75, 3.05) is 20.1 Å². The summed E-state index contributed by atoms with van der Waals surface area (Å²) in [6, 6.07) is 0. The van der Waals surface area contributed by atoms with Crippen LogP contribution in [0, 0.1) is 0 Å². The van der Waals surface area contributed by atoms with Gasteiger partial charge in [0.2, 0.25) is 0 Å². The van der Waals surface area contributed by atoms with Gasteiger partial charge in [-0.25, -0.2) is 0 Å². The molecule has 1 rings (SSSR count). The summed E-state index contributed by atoms with van der Waals surface area (Å²) in [6.45, 7) is 2.64. The number of hydrogen-bond acceptors (Lipinski definition) is 1. The van der Waals surface area contributed by atoms with Crippen LogP contribution in [0.2, 0.25) is 0 Å². The summed E-state index contributed by atoms with van der Waals surface area (Å²) < 4.78 is 0. The molecule has 0 aromatic rings. The molecule has 0 aromatic heterocycles. The smallest absolute Gasteiger partial charge is 1.00 e. The van der Waals surface area contributed by atoms with Crippen molar-refractivity contribution >= 4 is 17.4 Å². The van der Waals surface area contributed by atoms with Gasteiger partial charge in [0, 0.05) is 0 Å². The van der Waals surface area contributed by atoms with Crippen molar-refractivity contribution in [1.82, 2.24) is 4.90 Å². The summed E-state index contributed by atoms with van der Waals surface area (Å²) in [5, 5.41) is 0. The molecule has 0 aliphatic carbocycles. The van der Waals surface area contributed by atoms with Crippen LogP contribution in [0.25, 0.3) is 0 Å². The fraction of sp³-hybridized carbons (Fsp3) is 1.00. The SMILES string of the molecule is CN1CCCC1.[AlH3].[H-].[Li+]. The molecule has 1 heterocycles. The first-order valence-corrected chi connectivity index (χ1v) is 2.58. The molecule has 0 saturated carbocycles. The summed E-state index contributed by atoms with van der Waals surface area (Å²) in [6.07, 6.45) is 2.83. The van der Waals surface area contributed by atoms with E-state index in [1.165, 1.54) is 25.9 Å². The molecular weight excluding hydrogens is 108 g/mol. The van der Waals surface area contributed by atoms with Crippen molar-refractivity contribution in [3.63, 3.8) is 0 Å². The van der Waals surface area contributed by atoms with E-state index in [0.29, 0.717) is 0 Å². The Morgan fingerprint density at radius 2 is 1.62 bits per heavy atom. The molecule has 1 saturated heterocycles. The quantitative estimate of drug-likeness (QED) is 0.304. The van der Waals surface area contributed by atoms with Gasteiger partial charge in [0.15, 0.2) is 17.4 Å². The van der Waals surface area contributed by atoms with E-state index in [9.17, 15) is 0 Å². The van der Waals surface area contributed by atoms with Crippen LogP contribution in [0.4, 0.5) is 0 Å². The Labute approximate surface area is 75.6 Å². The Morgan fingerprint density at radius 3 is 1.75 bits per heavy atom. The maximum Gasteiger partial charge on any atom is 1.00 e. The Morgan fingerprint density at radius 1 is 1.25 bits per heavy atom. The van der Waals surface area contributed by atoms with Crippen molar-refractivity contribution in [1.29, 1.82) is 0 Å². The van der Waals surface area contributed by atoms with Gasteiger partial charge in [-0.2, -0.15) is 0 Å². The zero-order chi connectivity index (χ0) is 4.41. The second kappa shape index (κ2) is 6.21. The molecule has 0 spiro atoms. The Bertz CT molecular complexity index is 50.2. The van der Waals surface area contributed by atoms with Gasteiger partial charge in [0.25, 0.3) is 0 Å². The third kappa shape index (κ3) is 4.02. The van der Waals surface area contributed by atoms with E-state index in [2.05, 4.69) is 11.9 Å². The number of rotatable bonds is 0. The molecule has 1 fully saturated rings. The van der Waals surface area contributed by atoms with Crippen molar-refractivity contribution in [3.05, 3.63) is 0 Å². The van der Waals surface area contributed by atoms with Crippen LogP contribution in [-0.4, -0.2) is 42.4 Å². The van der Waals surface area contributed by atoms with Crippen LogP contribution < -0.4 is 18.9 Å². The molecule has 8 heavy (non-hydrogen) atoms. The van der Waals surface area contributed by atoms with Gasteiger partial charge < -0.3 is 6.33 Å². The van der Waals surface area contributed by atoms with Gasteiger partial charge >= 0.3 is 18.9 Å². The van der Waals surface area contributed by atoms with Gasteiger partial charge in [-0.3, -0.25) is 0 Å². The fourth-order valence-corrected chi connectivity index (χ4v) is 0.875. The van der Waals surface area contributed by atoms with E-state index in [4.69, 9.17) is 0 Å². The average Bonchev–Trinajstić information content (AvgIpc) is 1.86. The summed E-state index contributed by atoms with van der Waals surface area (Å²) in [4.78, 5) is 2.36. The predicted molar refractivity (Wildman–Crippen MR) is 37.8 cm³/mol. The van der Waals surface area contributed by atoms with Crippen molar-refractivity contribution in [2.24, 2.45) is 0 Å². The van der Waals surface area contributed by atoms with E-state index in [-0.39, 0.29) is 37.6 Å². The first-order chi connectivity index (χ1) is 2.89. The molecular formula is C5H15AlLiN. The van der Waals surface area contributed by atoms with Gasteiger partial charge in [0.05, 0.1) is 0 Å². The summed E-state index contributed by atoms with van der Waals surface area (Å²) in [7, 11) is 2.17. The minimum atomic E-state index is 0. The van der Waals surface area contributed by atoms with Crippen LogP contribution in [0.3, 0.4) is 0 Å². The monoisotopic (exact) mass is 123 g/mol. The Kier molecular flexibility index (Phi) is 9.19. The topological polar surface area (TPSA) is 3.24 Å². The fourth-order valence-electron chi connectivity index (χ4n) is 0.875. The zero-order valence-electron chi connectivity index (χ0n) is 6.28. The minimum Gasteiger partial charge on any atom is -1.00 e. The van der Waals surface area contributed by atoms with E-state index in [1.807, 2.05) is 0 Å². The van der Waals surface area contributed by atoms with Crippen LogP contribution in [0.15, 0.2) is 0 Å². The van der Waals surface area contributed by atoms with E-state index >= 15 is 0 Å². The Balaban J connectivity index is -0.000000120. The normalized spacial score (nSPS) is 19.1. The van der Waals surface area contributed by atoms with Crippen LogP contribution in [0.5, 0.6) is 0 Å². The summed E-state index contributed by atoms with van der Waals surface area (Å²) in [5.74, 6) is 0. The number of likely N-dealkylation sites (tertiary alicyclic amines) is 1. The maximum atomic E-state index is 2.36. The number of hydrogen-bond donors (Lipinski definition) is 0. The first-order valence-electron chi connectivity index (χ1n) is 2.58. The molecule has 1 aliphatic heterocycles. The summed E-state index contributed by atoms with van der Waals surface area (Å²) >= 11 is 0. The molecule has 0 radical (unpaired) electrons. The molecule has 0 bridgehead atoms. The minimum absolute atomic E-state index is 0. The molecule has 1 nitrogen and oxygen atoms in total. The Hall–Kier alpha value is 1.09. The van der Waals surface area contributed by atoms with Gasteiger partial charge in [-0.05, 0) is 33.0 Å². The second-order valence-corrected chi connectivity index (χ2v) is 2.01. The molecule has 3 heteroatoms. The molecule has 0 aromatic carbocycles. The maximum absolute atomic E-state index is 2.36. The predicted octanol–water partition coefficient (Wildman–Crippen LogP) is -3.36. The van der Waals surface area contributed by atoms with E-state index in [1.54, 1.807) is 0 Å². The molecule has 0 amide bonds. The standard InChI is InChI=1S/C5H11N.Al.Li.4H/c1-6-4-2-3-5-6;;;;;;/h2-5H2,1H3;;;;;;/q;;+1;;;;-1. The average molecular weight is 123 g/mol. The third-order valence-corrected chi connectivity index (χ3v) is 1.33. The zero-order valence-corrected chi connectivity index (χ0v) is 5.28. The molecule has 0 atom stereocenters. The molecule has 44 valence electrons. The number of nitrogens with zero attached hydrogens (tertiary/aromatic N) is 1. The molecule has 1 aliphatic rings. The van der Waals surface area contributed by atoms with Crippen molar-refractivity contribution in [2.45, 2.75) is 12.8 Å². The molecule has 0 N–H and O–H groups in total. The van der Waals surface area contributed by atoms with Gasteiger partial charge in [-0.15, -0.1) is 0 Å². The first kappa shape index (κ1) is 11.8. The van der Waals surface area contributed by atoms with Crippen LogP contribution >= 0.6 is 0 Å². The van der Waals surface area contributed by atoms with Crippen molar-refractivity contribution in [3.8, 4) is 0 Å². The van der Waals surface area contributed by atoms with Gasteiger partial charge in [0.1, 0.15) is 0 Å². The second-order valence-electron chi connectivity index (χ2n) is 2.01. The largest absolute Gasteiger partial charge is 1.00 e. The molecule has 0 unspecified atom stereocenters. The van der Waals surface area contributed by atoms with Crippen molar-refractivity contribution < 1.29 is 20.3 Å². The van der Waals surface area contributed by atoms with E-state index < -0.39 is 0 Å².